The van der Waals surface area contributed by atoms with Gasteiger partial charge in [0.1, 0.15) is 11.5 Å². The maximum atomic E-state index is 7.40. The highest BCUT2D eigenvalue weighted by molar-refractivity contribution is 6.05. The standard InChI is InChI=1S/C11H11N3/c1-7-2-3-8-4-5-14-10(11(12)13)9(8)6-7/h2-6H,1H3,(H3,12,13). The first kappa shape index (κ1) is 8.69. The van der Waals surface area contributed by atoms with E-state index in [0.29, 0.717) is 5.69 Å². The number of fused-ring (bicyclic) bond motifs is 1. The molecule has 0 aliphatic carbocycles. The van der Waals surface area contributed by atoms with Crippen molar-refractivity contribution in [3.8, 4) is 0 Å². The number of aryl methyl sites for hydroxylation is 1. The van der Waals surface area contributed by atoms with Gasteiger partial charge in [-0.2, -0.15) is 0 Å². The van der Waals surface area contributed by atoms with Crippen LogP contribution in [-0.4, -0.2) is 10.8 Å². The minimum absolute atomic E-state index is 0.0150. The van der Waals surface area contributed by atoms with Crippen molar-refractivity contribution in [2.75, 3.05) is 0 Å². The summed E-state index contributed by atoms with van der Waals surface area (Å²) in [5, 5.41) is 9.41. The van der Waals surface area contributed by atoms with Crippen LogP contribution in [0.25, 0.3) is 10.8 Å². The average Bonchev–Trinajstić information content (AvgIpc) is 2.16. The fraction of sp³-hybridized carbons (Fsp3) is 0.0909. The van der Waals surface area contributed by atoms with E-state index in [1.54, 1.807) is 6.20 Å². The highest BCUT2D eigenvalue weighted by Gasteiger charge is 2.04. The number of nitrogens with two attached hydrogens (primary N) is 1. The predicted octanol–water partition coefficient (Wildman–Crippen LogP) is 1.83. The molecular formula is C11H11N3. The summed E-state index contributed by atoms with van der Waals surface area (Å²) >= 11 is 0. The van der Waals surface area contributed by atoms with Gasteiger partial charge in [-0.1, -0.05) is 17.7 Å². The lowest BCUT2D eigenvalue weighted by molar-refractivity contribution is 1.28. The highest BCUT2D eigenvalue weighted by Crippen LogP contribution is 2.17. The van der Waals surface area contributed by atoms with Gasteiger partial charge < -0.3 is 5.73 Å². The molecule has 2 rings (SSSR count). The fourth-order valence-electron chi connectivity index (χ4n) is 1.50. The Morgan fingerprint density at radius 3 is 2.86 bits per heavy atom. The molecule has 1 aromatic carbocycles. The van der Waals surface area contributed by atoms with Gasteiger partial charge in [-0.05, 0) is 24.4 Å². The summed E-state index contributed by atoms with van der Waals surface area (Å²) in [6.45, 7) is 2.01. The van der Waals surface area contributed by atoms with Gasteiger partial charge >= 0.3 is 0 Å². The molecule has 0 unspecified atom stereocenters. The van der Waals surface area contributed by atoms with E-state index in [4.69, 9.17) is 11.1 Å². The minimum atomic E-state index is 0.0150. The molecule has 0 spiro atoms. The van der Waals surface area contributed by atoms with E-state index in [1.807, 2.05) is 31.2 Å². The van der Waals surface area contributed by atoms with E-state index in [2.05, 4.69) is 4.98 Å². The van der Waals surface area contributed by atoms with Crippen LogP contribution in [-0.2, 0) is 0 Å². The van der Waals surface area contributed by atoms with Crippen LogP contribution in [0.1, 0.15) is 11.3 Å². The third kappa shape index (κ3) is 1.33. The largest absolute Gasteiger partial charge is 0.382 e. The van der Waals surface area contributed by atoms with Crippen LogP contribution >= 0.6 is 0 Å². The molecule has 1 heterocycles. The Hall–Kier alpha value is -1.90. The number of hydrogen-bond donors (Lipinski definition) is 2. The monoisotopic (exact) mass is 185 g/mol. The van der Waals surface area contributed by atoms with Crippen LogP contribution in [0.4, 0.5) is 0 Å². The number of nitrogens with zero attached hydrogens (tertiary/aromatic N) is 1. The van der Waals surface area contributed by atoms with E-state index < -0.39 is 0 Å². The maximum absolute atomic E-state index is 7.40. The molecular weight excluding hydrogens is 174 g/mol. The van der Waals surface area contributed by atoms with Gasteiger partial charge in [-0.15, -0.1) is 0 Å². The number of aromatic nitrogens is 1. The van der Waals surface area contributed by atoms with Crippen LogP contribution in [0.2, 0.25) is 0 Å². The third-order valence-electron chi connectivity index (χ3n) is 2.18. The molecule has 0 aliphatic heterocycles. The molecule has 1 aromatic heterocycles. The fourth-order valence-corrected chi connectivity index (χ4v) is 1.50. The highest BCUT2D eigenvalue weighted by atomic mass is 14.8. The van der Waals surface area contributed by atoms with Crippen molar-refractivity contribution in [3.63, 3.8) is 0 Å². The van der Waals surface area contributed by atoms with Crippen molar-refractivity contribution >= 4 is 16.6 Å². The molecule has 14 heavy (non-hydrogen) atoms. The molecule has 0 atom stereocenters. The van der Waals surface area contributed by atoms with E-state index in [0.717, 1.165) is 16.3 Å². The quantitative estimate of drug-likeness (QED) is 0.526. The number of rotatable bonds is 1. The third-order valence-corrected chi connectivity index (χ3v) is 2.18. The average molecular weight is 185 g/mol. The molecule has 0 saturated carbocycles. The van der Waals surface area contributed by atoms with Crippen LogP contribution in [0, 0.1) is 12.3 Å². The van der Waals surface area contributed by atoms with Crippen molar-refractivity contribution < 1.29 is 0 Å². The number of nitrogens with one attached hydrogen (secondary N) is 1. The second-order valence-electron chi connectivity index (χ2n) is 3.30. The summed E-state index contributed by atoms with van der Waals surface area (Å²) in [5.41, 5.74) is 7.16. The zero-order chi connectivity index (χ0) is 10.1. The first-order valence-electron chi connectivity index (χ1n) is 4.38. The summed E-state index contributed by atoms with van der Waals surface area (Å²) in [4.78, 5) is 4.10. The summed E-state index contributed by atoms with van der Waals surface area (Å²) in [5.74, 6) is 0.0150. The normalized spacial score (nSPS) is 10.4. The van der Waals surface area contributed by atoms with Gasteiger partial charge in [0, 0.05) is 11.6 Å². The first-order valence-corrected chi connectivity index (χ1v) is 4.38. The van der Waals surface area contributed by atoms with Gasteiger partial charge in [-0.3, -0.25) is 10.4 Å². The van der Waals surface area contributed by atoms with E-state index in [-0.39, 0.29) is 5.84 Å². The molecule has 0 fully saturated rings. The van der Waals surface area contributed by atoms with Gasteiger partial charge in [0.05, 0.1) is 0 Å². The van der Waals surface area contributed by atoms with Crippen LogP contribution in [0.15, 0.2) is 30.5 Å². The molecule has 70 valence electrons. The van der Waals surface area contributed by atoms with Crippen molar-refractivity contribution in [2.24, 2.45) is 5.73 Å². The SMILES string of the molecule is Cc1ccc2ccnc(C(=N)N)c2c1. The molecule has 0 saturated heterocycles. The predicted molar refractivity (Wildman–Crippen MR) is 57.5 cm³/mol. The molecule has 2 aromatic rings. The lowest BCUT2D eigenvalue weighted by atomic mass is 10.1. The van der Waals surface area contributed by atoms with E-state index in [9.17, 15) is 0 Å². The number of pyridine rings is 1. The minimum Gasteiger partial charge on any atom is -0.382 e. The van der Waals surface area contributed by atoms with E-state index >= 15 is 0 Å². The number of nitrogen functional groups attached to an aromatic ring is 1. The first-order chi connectivity index (χ1) is 6.68. The molecule has 3 heteroatoms. The number of benzene rings is 1. The van der Waals surface area contributed by atoms with Gasteiger partial charge in [-0.25, -0.2) is 0 Å². The van der Waals surface area contributed by atoms with Crippen LogP contribution in [0.3, 0.4) is 0 Å². The topological polar surface area (TPSA) is 62.8 Å². The zero-order valence-corrected chi connectivity index (χ0v) is 7.91. The molecule has 3 N–H and O–H groups in total. The second kappa shape index (κ2) is 3.10. The summed E-state index contributed by atoms with van der Waals surface area (Å²) in [7, 11) is 0. The summed E-state index contributed by atoms with van der Waals surface area (Å²) in [6.07, 6.45) is 1.67. The van der Waals surface area contributed by atoms with Crippen LogP contribution < -0.4 is 5.73 Å². The van der Waals surface area contributed by atoms with Crippen LogP contribution in [0.5, 0.6) is 0 Å². The Kier molecular flexibility index (Phi) is 1.93. The molecule has 3 nitrogen and oxygen atoms in total. The number of amidine groups is 1. The van der Waals surface area contributed by atoms with Gasteiger partial charge in [0.2, 0.25) is 0 Å². The molecule has 0 bridgehead atoms. The summed E-state index contributed by atoms with van der Waals surface area (Å²) in [6, 6.07) is 7.96. The van der Waals surface area contributed by atoms with Crippen molar-refractivity contribution in [2.45, 2.75) is 6.92 Å². The van der Waals surface area contributed by atoms with Crippen molar-refractivity contribution in [1.29, 1.82) is 5.41 Å². The lowest BCUT2D eigenvalue weighted by Crippen LogP contribution is -2.13. The van der Waals surface area contributed by atoms with Crippen molar-refractivity contribution in [1.82, 2.24) is 4.98 Å². The Bertz CT molecular complexity index is 503. The zero-order valence-electron chi connectivity index (χ0n) is 7.91. The molecule has 0 radical (unpaired) electrons. The second-order valence-corrected chi connectivity index (χ2v) is 3.30. The lowest BCUT2D eigenvalue weighted by Gasteiger charge is -2.04. The van der Waals surface area contributed by atoms with E-state index in [1.165, 1.54) is 0 Å². The van der Waals surface area contributed by atoms with Gasteiger partial charge in [0.15, 0.2) is 0 Å². The maximum Gasteiger partial charge on any atom is 0.142 e. The molecule has 0 aliphatic rings. The Morgan fingerprint density at radius 2 is 2.14 bits per heavy atom. The Balaban J connectivity index is 2.84. The van der Waals surface area contributed by atoms with Crippen molar-refractivity contribution in [3.05, 3.63) is 41.7 Å². The molecule has 0 amide bonds. The Labute approximate surface area is 82.1 Å². The number of hydrogen-bond acceptors (Lipinski definition) is 2. The van der Waals surface area contributed by atoms with Gasteiger partial charge in [0.25, 0.3) is 0 Å². The Morgan fingerprint density at radius 1 is 1.36 bits per heavy atom. The smallest absolute Gasteiger partial charge is 0.142 e. The summed E-state index contributed by atoms with van der Waals surface area (Å²) < 4.78 is 0.